The van der Waals surface area contributed by atoms with Crippen LogP contribution in [0.25, 0.3) is 6.08 Å². The molecule has 1 aliphatic heterocycles. The van der Waals surface area contributed by atoms with E-state index >= 15 is 0 Å². The SMILES string of the molecule is O=C(/C=C/c1ccccc1)N1c2ccccc2CC1c1ccccc1. The monoisotopic (exact) mass is 325 g/mol. The van der Waals surface area contributed by atoms with E-state index in [9.17, 15) is 4.79 Å². The predicted molar refractivity (Wildman–Crippen MR) is 102 cm³/mol. The molecule has 0 saturated carbocycles. The number of hydrogen-bond donors (Lipinski definition) is 0. The Bertz CT molecular complexity index is 900. The highest BCUT2D eigenvalue weighted by Crippen LogP contribution is 2.40. The summed E-state index contributed by atoms with van der Waals surface area (Å²) in [6.45, 7) is 0. The third kappa shape index (κ3) is 3.11. The summed E-state index contributed by atoms with van der Waals surface area (Å²) < 4.78 is 0. The second-order valence-corrected chi connectivity index (χ2v) is 6.21. The molecule has 0 spiro atoms. The first kappa shape index (κ1) is 15.4. The van der Waals surface area contributed by atoms with E-state index in [0.717, 1.165) is 17.7 Å². The molecule has 0 aliphatic carbocycles. The number of carbonyl (C=O) groups excluding carboxylic acids is 1. The van der Waals surface area contributed by atoms with Gasteiger partial charge in [0.05, 0.1) is 6.04 Å². The van der Waals surface area contributed by atoms with Crippen LogP contribution in [0, 0.1) is 0 Å². The van der Waals surface area contributed by atoms with Crippen molar-refractivity contribution in [1.29, 1.82) is 0 Å². The Hall–Kier alpha value is -3.13. The van der Waals surface area contributed by atoms with Crippen molar-refractivity contribution < 1.29 is 4.79 Å². The van der Waals surface area contributed by atoms with Gasteiger partial charge in [0.25, 0.3) is 5.91 Å². The van der Waals surface area contributed by atoms with E-state index in [1.807, 2.05) is 77.7 Å². The van der Waals surface area contributed by atoms with Crippen LogP contribution in [-0.2, 0) is 11.2 Å². The maximum absolute atomic E-state index is 13.0. The van der Waals surface area contributed by atoms with E-state index in [-0.39, 0.29) is 11.9 Å². The Balaban J connectivity index is 1.68. The number of benzene rings is 3. The molecule has 0 aromatic heterocycles. The van der Waals surface area contributed by atoms with Crippen LogP contribution in [-0.4, -0.2) is 5.91 Å². The van der Waals surface area contributed by atoms with Gasteiger partial charge in [0.15, 0.2) is 0 Å². The second-order valence-electron chi connectivity index (χ2n) is 6.21. The molecule has 122 valence electrons. The van der Waals surface area contributed by atoms with Crippen molar-refractivity contribution in [3.8, 4) is 0 Å². The molecule has 1 aliphatic rings. The Morgan fingerprint density at radius 1 is 0.840 bits per heavy atom. The molecule has 0 fully saturated rings. The molecule has 0 N–H and O–H groups in total. The Morgan fingerprint density at radius 3 is 2.24 bits per heavy atom. The molecule has 4 rings (SSSR count). The third-order valence-corrected chi connectivity index (χ3v) is 4.62. The van der Waals surface area contributed by atoms with Crippen molar-refractivity contribution in [2.45, 2.75) is 12.5 Å². The lowest BCUT2D eigenvalue weighted by Gasteiger charge is -2.24. The van der Waals surface area contributed by atoms with Gasteiger partial charge in [0.1, 0.15) is 0 Å². The van der Waals surface area contributed by atoms with Gasteiger partial charge < -0.3 is 4.90 Å². The summed E-state index contributed by atoms with van der Waals surface area (Å²) in [4.78, 5) is 14.9. The normalized spacial score (nSPS) is 16.2. The van der Waals surface area contributed by atoms with Crippen molar-refractivity contribution in [3.05, 3.63) is 108 Å². The largest absolute Gasteiger partial charge is 0.301 e. The van der Waals surface area contributed by atoms with Crippen LogP contribution in [0.5, 0.6) is 0 Å². The van der Waals surface area contributed by atoms with Crippen LogP contribution in [0.3, 0.4) is 0 Å². The first-order chi connectivity index (χ1) is 12.3. The van der Waals surface area contributed by atoms with Crippen LogP contribution in [0.15, 0.2) is 91.0 Å². The number of fused-ring (bicyclic) bond motifs is 1. The van der Waals surface area contributed by atoms with Gasteiger partial charge in [-0.15, -0.1) is 0 Å². The number of amides is 1. The molecule has 0 saturated heterocycles. The molecule has 1 unspecified atom stereocenters. The van der Waals surface area contributed by atoms with E-state index in [4.69, 9.17) is 0 Å². The minimum absolute atomic E-state index is 0.0163. The molecule has 2 nitrogen and oxygen atoms in total. The highest BCUT2D eigenvalue weighted by Gasteiger charge is 2.33. The van der Waals surface area contributed by atoms with E-state index in [1.54, 1.807) is 6.08 Å². The highest BCUT2D eigenvalue weighted by atomic mass is 16.2. The number of anilines is 1. The Morgan fingerprint density at radius 2 is 1.48 bits per heavy atom. The molecule has 1 atom stereocenters. The lowest BCUT2D eigenvalue weighted by Crippen LogP contribution is -2.30. The summed E-state index contributed by atoms with van der Waals surface area (Å²) in [7, 11) is 0. The first-order valence-corrected chi connectivity index (χ1v) is 8.52. The van der Waals surface area contributed by atoms with Gasteiger partial charge in [-0.1, -0.05) is 78.9 Å². The van der Waals surface area contributed by atoms with Gasteiger partial charge in [0.2, 0.25) is 0 Å². The van der Waals surface area contributed by atoms with E-state index in [2.05, 4.69) is 18.2 Å². The van der Waals surface area contributed by atoms with Crippen molar-refractivity contribution >= 4 is 17.7 Å². The fraction of sp³-hybridized carbons (Fsp3) is 0.0870. The minimum atomic E-state index is 0.0163. The van der Waals surface area contributed by atoms with Gasteiger partial charge in [0, 0.05) is 11.8 Å². The number of hydrogen-bond acceptors (Lipinski definition) is 1. The van der Waals surface area contributed by atoms with E-state index in [1.165, 1.54) is 11.1 Å². The lowest BCUT2D eigenvalue weighted by atomic mass is 10.0. The summed E-state index contributed by atoms with van der Waals surface area (Å²) in [5, 5.41) is 0. The molecule has 0 bridgehead atoms. The fourth-order valence-corrected chi connectivity index (χ4v) is 3.41. The maximum atomic E-state index is 13.0. The standard InChI is InChI=1S/C23H19NO/c25-23(16-15-18-9-3-1-4-10-18)24-21-14-8-7-13-20(21)17-22(24)19-11-5-2-6-12-19/h1-16,22H,17H2/b16-15+. The van der Waals surface area contributed by atoms with Crippen molar-refractivity contribution in [2.24, 2.45) is 0 Å². The first-order valence-electron chi connectivity index (χ1n) is 8.52. The maximum Gasteiger partial charge on any atom is 0.251 e. The highest BCUT2D eigenvalue weighted by molar-refractivity contribution is 6.05. The van der Waals surface area contributed by atoms with Gasteiger partial charge in [-0.3, -0.25) is 4.79 Å². The average Bonchev–Trinajstić information content (AvgIpc) is 3.07. The zero-order valence-electron chi connectivity index (χ0n) is 13.9. The number of para-hydroxylation sites is 1. The van der Waals surface area contributed by atoms with Crippen molar-refractivity contribution in [2.75, 3.05) is 4.90 Å². The quantitative estimate of drug-likeness (QED) is 0.618. The second kappa shape index (κ2) is 6.78. The minimum Gasteiger partial charge on any atom is -0.301 e. The average molecular weight is 325 g/mol. The Kier molecular flexibility index (Phi) is 4.17. The van der Waals surface area contributed by atoms with Gasteiger partial charge >= 0.3 is 0 Å². The summed E-state index contributed by atoms with van der Waals surface area (Å²) in [5.74, 6) is 0.0163. The molecule has 2 heteroatoms. The van der Waals surface area contributed by atoms with Crippen molar-refractivity contribution in [1.82, 2.24) is 0 Å². The lowest BCUT2D eigenvalue weighted by molar-refractivity contribution is -0.114. The predicted octanol–water partition coefficient (Wildman–Crippen LogP) is 5.03. The number of carbonyl (C=O) groups is 1. The van der Waals surface area contributed by atoms with Crippen LogP contribution < -0.4 is 4.90 Å². The molecule has 1 amide bonds. The molecule has 25 heavy (non-hydrogen) atoms. The third-order valence-electron chi connectivity index (χ3n) is 4.62. The smallest absolute Gasteiger partial charge is 0.251 e. The number of nitrogens with zero attached hydrogens (tertiary/aromatic N) is 1. The fourth-order valence-electron chi connectivity index (χ4n) is 3.41. The summed E-state index contributed by atoms with van der Waals surface area (Å²) >= 11 is 0. The van der Waals surface area contributed by atoms with Crippen LogP contribution in [0.2, 0.25) is 0 Å². The van der Waals surface area contributed by atoms with E-state index < -0.39 is 0 Å². The van der Waals surface area contributed by atoms with E-state index in [0.29, 0.717) is 0 Å². The number of rotatable bonds is 3. The molecule has 3 aromatic rings. The zero-order valence-corrected chi connectivity index (χ0v) is 13.9. The molecule has 0 radical (unpaired) electrons. The molecule has 3 aromatic carbocycles. The van der Waals surface area contributed by atoms with Gasteiger partial charge in [-0.05, 0) is 35.3 Å². The van der Waals surface area contributed by atoms with Crippen LogP contribution in [0.1, 0.15) is 22.7 Å². The molecular formula is C23H19NO. The van der Waals surface area contributed by atoms with Gasteiger partial charge in [-0.25, -0.2) is 0 Å². The summed E-state index contributed by atoms with van der Waals surface area (Å²) in [5.41, 5.74) is 4.43. The van der Waals surface area contributed by atoms with Crippen LogP contribution in [0.4, 0.5) is 5.69 Å². The van der Waals surface area contributed by atoms with Gasteiger partial charge in [-0.2, -0.15) is 0 Å². The summed E-state index contributed by atoms with van der Waals surface area (Å²) in [6.07, 6.45) is 4.41. The van der Waals surface area contributed by atoms with Crippen molar-refractivity contribution in [3.63, 3.8) is 0 Å². The zero-order chi connectivity index (χ0) is 17.1. The van der Waals surface area contributed by atoms with Crippen LogP contribution >= 0.6 is 0 Å². The molecular weight excluding hydrogens is 306 g/mol. The topological polar surface area (TPSA) is 20.3 Å². The Labute approximate surface area is 148 Å². The molecule has 1 heterocycles. The summed E-state index contributed by atoms with van der Waals surface area (Å²) in [6, 6.07) is 28.4.